The quantitative estimate of drug-likeness (QED) is 0.342. The van der Waals surface area contributed by atoms with Crippen LogP contribution in [0.25, 0.3) is 6.08 Å². The zero-order valence-electron chi connectivity index (χ0n) is 10.1. The van der Waals surface area contributed by atoms with E-state index in [2.05, 4.69) is 5.73 Å². The van der Waals surface area contributed by atoms with Gasteiger partial charge < -0.3 is 4.74 Å². The van der Waals surface area contributed by atoms with Crippen molar-refractivity contribution in [2.45, 2.75) is 13.8 Å². The Hall–Kier alpha value is -2.05. The van der Waals surface area contributed by atoms with Crippen LogP contribution in [0.3, 0.4) is 0 Å². The van der Waals surface area contributed by atoms with Crippen molar-refractivity contribution in [2.75, 3.05) is 6.61 Å². The molecule has 0 unspecified atom stereocenters. The Balaban J connectivity index is 3.02. The van der Waals surface area contributed by atoms with Crippen LogP contribution < -0.4 is 0 Å². The van der Waals surface area contributed by atoms with E-state index in [1.54, 1.807) is 25.2 Å². The Kier molecular flexibility index (Phi) is 5.56. The summed E-state index contributed by atoms with van der Waals surface area (Å²) in [4.78, 5) is 11.7. The average Bonchev–Trinajstić information content (AvgIpc) is 2.36. The van der Waals surface area contributed by atoms with E-state index in [-0.39, 0.29) is 5.97 Å². The summed E-state index contributed by atoms with van der Waals surface area (Å²) in [5, 5.41) is 0. The van der Waals surface area contributed by atoms with E-state index in [9.17, 15) is 4.79 Å². The number of esters is 1. The Bertz CT molecular complexity index is 449. The zero-order chi connectivity index (χ0) is 12.5. The third-order valence-electron chi connectivity index (χ3n) is 2.04. The first kappa shape index (κ1) is 13.0. The molecule has 2 nitrogen and oxygen atoms in total. The van der Waals surface area contributed by atoms with Crippen molar-refractivity contribution in [1.29, 1.82) is 0 Å². The lowest BCUT2D eigenvalue weighted by Crippen LogP contribution is -2.05. The minimum absolute atomic E-state index is 0.328. The normalized spacial score (nSPS) is 10.4. The van der Waals surface area contributed by atoms with Crippen LogP contribution in [0.5, 0.6) is 0 Å². The number of ether oxygens (including phenoxy) is 1. The molecule has 0 fully saturated rings. The summed E-state index contributed by atoms with van der Waals surface area (Å²) in [6.07, 6.45) is 5.16. The van der Waals surface area contributed by atoms with E-state index >= 15 is 0 Å². The summed E-state index contributed by atoms with van der Waals surface area (Å²) in [7, 11) is 0. The van der Waals surface area contributed by atoms with Crippen LogP contribution in [0, 0.1) is 0 Å². The molecule has 0 saturated heterocycles. The van der Waals surface area contributed by atoms with E-state index in [1.165, 1.54) is 0 Å². The van der Waals surface area contributed by atoms with Crippen molar-refractivity contribution in [3.8, 4) is 0 Å². The number of carbonyl (C=O) groups is 1. The van der Waals surface area contributed by atoms with E-state index in [1.807, 2.05) is 37.3 Å². The standard InChI is InChI=1S/C15H16O2/c1-3-5-11-14(15(16)17-4-2)12-13-9-7-6-8-10-13/h3,6-12H,4H2,1-2H3/b14-12-. The van der Waals surface area contributed by atoms with E-state index in [0.717, 1.165) is 5.56 Å². The molecule has 0 aromatic heterocycles. The lowest BCUT2D eigenvalue weighted by atomic mass is 10.1. The molecule has 0 aliphatic heterocycles. The van der Waals surface area contributed by atoms with Crippen molar-refractivity contribution in [3.05, 3.63) is 59.4 Å². The molecule has 0 saturated carbocycles. The fraction of sp³-hybridized carbons (Fsp3) is 0.200. The maximum absolute atomic E-state index is 11.7. The van der Waals surface area contributed by atoms with Gasteiger partial charge in [-0.15, -0.1) is 5.73 Å². The van der Waals surface area contributed by atoms with Gasteiger partial charge in [0.25, 0.3) is 0 Å². The van der Waals surface area contributed by atoms with Gasteiger partial charge in [-0.2, -0.15) is 0 Å². The van der Waals surface area contributed by atoms with Crippen molar-refractivity contribution in [3.63, 3.8) is 0 Å². The number of rotatable bonds is 4. The number of carbonyl (C=O) groups excluding carboxylic acids is 1. The molecule has 1 aromatic rings. The maximum atomic E-state index is 11.7. The molecule has 1 aromatic carbocycles. The average molecular weight is 228 g/mol. The smallest absolute Gasteiger partial charge is 0.338 e. The molecule has 0 radical (unpaired) electrons. The van der Waals surface area contributed by atoms with Crippen LogP contribution in [0.1, 0.15) is 19.4 Å². The highest BCUT2D eigenvalue weighted by Crippen LogP contribution is 2.09. The molecular weight excluding hydrogens is 212 g/mol. The highest BCUT2D eigenvalue weighted by atomic mass is 16.5. The molecule has 1 rings (SSSR count). The maximum Gasteiger partial charge on any atom is 0.338 e. The van der Waals surface area contributed by atoms with E-state index in [0.29, 0.717) is 12.2 Å². The second-order valence-corrected chi connectivity index (χ2v) is 3.33. The first-order valence-electron chi connectivity index (χ1n) is 5.59. The fourth-order valence-corrected chi connectivity index (χ4v) is 1.28. The predicted molar refractivity (Wildman–Crippen MR) is 69.4 cm³/mol. The zero-order valence-corrected chi connectivity index (χ0v) is 10.1. The molecule has 88 valence electrons. The van der Waals surface area contributed by atoms with Gasteiger partial charge in [-0.25, -0.2) is 4.79 Å². The third-order valence-corrected chi connectivity index (χ3v) is 2.04. The van der Waals surface area contributed by atoms with Gasteiger partial charge in [0, 0.05) is 0 Å². The first-order valence-corrected chi connectivity index (χ1v) is 5.59. The highest BCUT2D eigenvalue weighted by molar-refractivity contribution is 5.96. The molecule has 0 amide bonds. The first-order chi connectivity index (χ1) is 8.27. The van der Waals surface area contributed by atoms with Crippen LogP contribution in [0.4, 0.5) is 0 Å². The lowest BCUT2D eigenvalue weighted by molar-refractivity contribution is -0.138. The second kappa shape index (κ2) is 7.26. The van der Waals surface area contributed by atoms with Gasteiger partial charge in [0.05, 0.1) is 12.2 Å². The van der Waals surface area contributed by atoms with Crippen LogP contribution in [0.15, 0.2) is 53.8 Å². The van der Waals surface area contributed by atoms with Crippen molar-refractivity contribution >= 4 is 12.0 Å². The fourth-order valence-electron chi connectivity index (χ4n) is 1.28. The van der Waals surface area contributed by atoms with Gasteiger partial charge in [0.15, 0.2) is 0 Å². The Morgan fingerprint density at radius 1 is 1.35 bits per heavy atom. The van der Waals surface area contributed by atoms with Gasteiger partial charge in [0.2, 0.25) is 0 Å². The minimum atomic E-state index is -0.328. The highest BCUT2D eigenvalue weighted by Gasteiger charge is 2.06. The van der Waals surface area contributed by atoms with Crippen molar-refractivity contribution in [2.24, 2.45) is 0 Å². The summed E-state index contributed by atoms with van der Waals surface area (Å²) >= 11 is 0. The summed E-state index contributed by atoms with van der Waals surface area (Å²) in [6, 6.07) is 9.65. The molecule has 0 aliphatic rings. The summed E-state index contributed by atoms with van der Waals surface area (Å²) in [5.74, 6) is -0.328. The van der Waals surface area contributed by atoms with Gasteiger partial charge in [-0.3, -0.25) is 0 Å². The lowest BCUT2D eigenvalue weighted by Gasteiger charge is -2.01. The molecule has 0 heterocycles. The second-order valence-electron chi connectivity index (χ2n) is 3.33. The van der Waals surface area contributed by atoms with Crippen molar-refractivity contribution < 1.29 is 9.53 Å². The van der Waals surface area contributed by atoms with Gasteiger partial charge >= 0.3 is 5.97 Å². The molecule has 2 heteroatoms. The Morgan fingerprint density at radius 2 is 2.06 bits per heavy atom. The van der Waals surface area contributed by atoms with Crippen molar-refractivity contribution in [1.82, 2.24) is 0 Å². The number of benzene rings is 1. The van der Waals surface area contributed by atoms with Crippen LogP contribution >= 0.6 is 0 Å². The number of hydrogen-bond acceptors (Lipinski definition) is 2. The monoisotopic (exact) mass is 228 g/mol. The van der Waals surface area contributed by atoms with Gasteiger partial charge in [0.1, 0.15) is 0 Å². The molecule has 0 N–H and O–H groups in total. The molecule has 0 aliphatic carbocycles. The molecular formula is C15H16O2. The summed E-state index contributed by atoms with van der Waals surface area (Å²) in [6.45, 7) is 4.01. The van der Waals surface area contributed by atoms with Gasteiger partial charge in [-0.1, -0.05) is 30.3 Å². The largest absolute Gasteiger partial charge is 0.462 e. The molecule has 0 atom stereocenters. The molecule has 17 heavy (non-hydrogen) atoms. The van der Waals surface area contributed by atoms with E-state index in [4.69, 9.17) is 4.74 Å². The van der Waals surface area contributed by atoms with E-state index < -0.39 is 0 Å². The summed E-state index contributed by atoms with van der Waals surface area (Å²) < 4.78 is 4.98. The predicted octanol–water partition coefficient (Wildman–Crippen LogP) is 3.36. The van der Waals surface area contributed by atoms with Crippen LogP contribution in [-0.2, 0) is 9.53 Å². The third kappa shape index (κ3) is 4.54. The topological polar surface area (TPSA) is 26.3 Å². The number of hydrogen-bond donors (Lipinski definition) is 0. The Labute approximate surface area is 102 Å². The molecule has 0 bridgehead atoms. The van der Waals surface area contributed by atoms with Gasteiger partial charge in [-0.05, 0) is 37.6 Å². The minimum Gasteiger partial charge on any atom is -0.462 e. The SMILES string of the molecule is CC=C=C/C(=C/c1ccccc1)C(=O)OCC. The van der Waals surface area contributed by atoms with Crippen LogP contribution in [0.2, 0.25) is 0 Å². The summed E-state index contributed by atoms with van der Waals surface area (Å²) in [5.41, 5.74) is 4.35. The molecule has 0 spiro atoms. The van der Waals surface area contributed by atoms with Crippen LogP contribution in [-0.4, -0.2) is 12.6 Å². The Morgan fingerprint density at radius 3 is 2.65 bits per heavy atom.